The van der Waals surface area contributed by atoms with Crippen molar-refractivity contribution in [2.75, 3.05) is 0 Å². The fourth-order valence-electron chi connectivity index (χ4n) is 3.99. The maximum absolute atomic E-state index is 13.8. The summed E-state index contributed by atoms with van der Waals surface area (Å²) in [7, 11) is 0. The first-order valence-electron chi connectivity index (χ1n) is 10.9. The monoisotopic (exact) mass is 541 g/mol. The number of benzene rings is 3. The van der Waals surface area contributed by atoms with Crippen molar-refractivity contribution >= 4 is 15.9 Å². The van der Waals surface area contributed by atoms with Crippen molar-refractivity contribution in [3.05, 3.63) is 115 Å². The summed E-state index contributed by atoms with van der Waals surface area (Å²) >= 11 is 3.39. The van der Waals surface area contributed by atoms with E-state index in [0.29, 0.717) is 17.1 Å². The first-order valence-corrected chi connectivity index (χ1v) is 11.7. The summed E-state index contributed by atoms with van der Waals surface area (Å²) in [5, 5.41) is 0. The number of hydrogen-bond acceptors (Lipinski definition) is 2. The summed E-state index contributed by atoms with van der Waals surface area (Å²) in [5.41, 5.74) is 1.68. The van der Waals surface area contributed by atoms with E-state index in [0.717, 1.165) is 27.2 Å². The van der Waals surface area contributed by atoms with Crippen LogP contribution in [0.15, 0.2) is 82.1 Å². The Hall–Kier alpha value is -3.32. The van der Waals surface area contributed by atoms with Crippen molar-refractivity contribution in [3.8, 4) is 22.8 Å². The van der Waals surface area contributed by atoms with Gasteiger partial charge in [-0.15, -0.1) is 0 Å². The van der Waals surface area contributed by atoms with Gasteiger partial charge in [-0.05, 0) is 86.0 Å². The number of alkyl halides is 3. The van der Waals surface area contributed by atoms with Crippen LogP contribution in [0.25, 0.3) is 11.3 Å². The number of ether oxygens (including phenoxy) is 1. The molecular weight excluding hydrogens is 519 g/mol. The normalized spacial score (nSPS) is 11.5. The fraction of sp³-hybridized carbons (Fsp3) is 0.179. The van der Waals surface area contributed by atoms with Crippen LogP contribution in [-0.4, -0.2) is 4.57 Å². The first-order chi connectivity index (χ1) is 16.5. The lowest BCUT2D eigenvalue weighted by Gasteiger charge is -2.19. The van der Waals surface area contributed by atoms with Gasteiger partial charge in [-0.2, -0.15) is 13.2 Å². The third kappa shape index (κ3) is 5.51. The molecule has 35 heavy (non-hydrogen) atoms. The summed E-state index contributed by atoms with van der Waals surface area (Å²) in [6.45, 7) is 5.28. The zero-order valence-corrected chi connectivity index (χ0v) is 21.0. The Morgan fingerprint density at radius 1 is 0.886 bits per heavy atom. The first kappa shape index (κ1) is 24.8. The van der Waals surface area contributed by atoms with E-state index in [2.05, 4.69) is 15.9 Å². The van der Waals surface area contributed by atoms with Gasteiger partial charge < -0.3 is 9.30 Å². The molecule has 0 atom stereocenters. The van der Waals surface area contributed by atoms with Gasteiger partial charge >= 0.3 is 6.18 Å². The van der Waals surface area contributed by atoms with Crippen LogP contribution in [0.2, 0.25) is 0 Å². The standard InChI is InChI=1S/C28H23BrF3NO2/c1-17-7-8-21(18(2)13-17)16-33-26(15-25(28(30,31)32)19(3)27(33)34)20-9-11-23(12-10-20)35-24-6-4-5-22(29)14-24/h4-15H,16H2,1-3H3. The summed E-state index contributed by atoms with van der Waals surface area (Å²) in [4.78, 5) is 13.2. The van der Waals surface area contributed by atoms with E-state index >= 15 is 0 Å². The minimum atomic E-state index is -4.64. The van der Waals surface area contributed by atoms with E-state index in [9.17, 15) is 18.0 Å². The minimum Gasteiger partial charge on any atom is -0.457 e. The highest BCUT2D eigenvalue weighted by atomic mass is 79.9. The number of aryl methyl sites for hydroxylation is 2. The number of pyridine rings is 1. The average molecular weight is 542 g/mol. The average Bonchev–Trinajstić information content (AvgIpc) is 2.78. The van der Waals surface area contributed by atoms with Gasteiger partial charge in [0.05, 0.1) is 17.8 Å². The molecular formula is C28H23BrF3NO2. The molecule has 0 unspecified atom stereocenters. The number of hydrogen-bond donors (Lipinski definition) is 0. The van der Waals surface area contributed by atoms with E-state index in [4.69, 9.17) is 4.74 Å². The van der Waals surface area contributed by atoms with Crippen LogP contribution in [0.5, 0.6) is 11.5 Å². The zero-order chi connectivity index (χ0) is 25.3. The van der Waals surface area contributed by atoms with Crippen molar-refractivity contribution < 1.29 is 17.9 Å². The Balaban J connectivity index is 1.80. The highest BCUT2D eigenvalue weighted by molar-refractivity contribution is 9.10. The van der Waals surface area contributed by atoms with Crippen molar-refractivity contribution in [2.45, 2.75) is 33.5 Å². The number of aromatic nitrogens is 1. The van der Waals surface area contributed by atoms with E-state index < -0.39 is 17.3 Å². The summed E-state index contributed by atoms with van der Waals surface area (Å²) in [6.07, 6.45) is -4.64. The van der Waals surface area contributed by atoms with Crippen LogP contribution in [0.1, 0.15) is 27.8 Å². The molecule has 0 radical (unpaired) electrons. The van der Waals surface area contributed by atoms with E-state index in [1.807, 2.05) is 50.2 Å². The maximum atomic E-state index is 13.8. The van der Waals surface area contributed by atoms with Crippen LogP contribution in [-0.2, 0) is 12.7 Å². The Bertz CT molecular complexity index is 1440. The van der Waals surface area contributed by atoms with Gasteiger partial charge in [0.1, 0.15) is 11.5 Å². The molecule has 0 saturated heterocycles. The highest BCUT2D eigenvalue weighted by Crippen LogP contribution is 2.34. The lowest BCUT2D eigenvalue weighted by Crippen LogP contribution is -2.28. The lowest BCUT2D eigenvalue weighted by molar-refractivity contribution is -0.138. The Kier molecular flexibility index (Phi) is 6.90. The Morgan fingerprint density at radius 2 is 1.60 bits per heavy atom. The molecule has 0 aliphatic heterocycles. The molecule has 0 fully saturated rings. The molecule has 4 aromatic rings. The molecule has 7 heteroatoms. The second kappa shape index (κ2) is 9.74. The number of halogens is 4. The molecule has 1 aromatic heterocycles. The van der Waals surface area contributed by atoms with Crippen molar-refractivity contribution in [3.63, 3.8) is 0 Å². The fourth-order valence-corrected chi connectivity index (χ4v) is 4.37. The largest absolute Gasteiger partial charge is 0.457 e. The topological polar surface area (TPSA) is 31.2 Å². The molecule has 0 amide bonds. The summed E-state index contributed by atoms with van der Waals surface area (Å²) < 4.78 is 49.4. The molecule has 3 nitrogen and oxygen atoms in total. The smallest absolute Gasteiger partial charge is 0.416 e. The lowest BCUT2D eigenvalue weighted by atomic mass is 10.0. The second-order valence-corrected chi connectivity index (χ2v) is 9.39. The molecule has 4 rings (SSSR count). The van der Waals surface area contributed by atoms with Crippen LogP contribution in [0, 0.1) is 20.8 Å². The van der Waals surface area contributed by atoms with Gasteiger partial charge in [-0.1, -0.05) is 45.8 Å². The SMILES string of the molecule is Cc1ccc(Cn2c(-c3ccc(Oc4cccc(Br)c4)cc3)cc(C(F)(F)F)c(C)c2=O)c(C)c1. The van der Waals surface area contributed by atoms with Gasteiger partial charge in [0.2, 0.25) is 0 Å². The van der Waals surface area contributed by atoms with Gasteiger partial charge in [-0.3, -0.25) is 4.79 Å². The molecule has 3 aromatic carbocycles. The minimum absolute atomic E-state index is 0.162. The molecule has 0 spiro atoms. The van der Waals surface area contributed by atoms with Crippen molar-refractivity contribution in [2.24, 2.45) is 0 Å². The Labute approximate surface area is 209 Å². The van der Waals surface area contributed by atoms with Crippen LogP contribution in [0.4, 0.5) is 13.2 Å². The third-order valence-corrected chi connectivity index (χ3v) is 6.35. The molecule has 180 valence electrons. The zero-order valence-electron chi connectivity index (χ0n) is 19.4. The predicted molar refractivity (Wildman–Crippen MR) is 135 cm³/mol. The van der Waals surface area contributed by atoms with E-state index in [-0.39, 0.29) is 17.8 Å². The quantitative estimate of drug-likeness (QED) is 0.256. The number of nitrogens with zero attached hydrogens (tertiary/aromatic N) is 1. The molecule has 0 aliphatic rings. The number of rotatable bonds is 5. The third-order valence-electron chi connectivity index (χ3n) is 5.86. The van der Waals surface area contributed by atoms with Gasteiger partial charge in [0, 0.05) is 10.0 Å². The Morgan fingerprint density at radius 3 is 2.23 bits per heavy atom. The van der Waals surface area contributed by atoms with Crippen molar-refractivity contribution in [1.29, 1.82) is 0 Å². The molecule has 1 heterocycles. The van der Waals surface area contributed by atoms with E-state index in [1.165, 1.54) is 11.5 Å². The highest BCUT2D eigenvalue weighted by Gasteiger charge is 2.35. The van der Waals surface area contributed by atoms with Crippen LogP contribution >= 0.6 is 15.9 Å². The molecule has 0 bridgehead atoms. The van der Waals surface area contributed by atoms with Gasteiger partial charge in [0.15, 0.2) is 0 Å². The maximum Gasteiger partial charge on any atom is 0.416 e. The predicted octanol–water partition coefficient (Wildman–Crippen LogP) is 8.06. The molecule has 0 N–H and O–H groups in total. The van der Waals surface area contributed by atoms with Gasteiger partial charge in [0.25, 0.3) is 5.56 Å². The molecule has 0 aliphatic carbocycles. The van der Waals surface area contributed by atoms with Gasteiger partial charge in [-0.25, -0.2) is 0 Å². The van der Waals surface area contributed by atoms with Crippen LogP contribution < -0.4 is 10.3 Å². The van der Waals surface area contributed by atoms with E-state index in [1.54, 1.807) is 30.3 Å². The summed E-state index contributed by atoms with van der Waals surface area (Å²) in [6, 6.07) is 20.9. The van der Waals surface area contributed by atoms with Crippen molar-refractivity contribution in [1.82, 2.24) is 4.57 Å². The summed E-state index contributed by atoms with van der Waals surface area (Å²) in [5.74, 6) is 1.15. The van der Waals surface area contributed by atoms with Crippen LogP contribution in [0.3, 0.4) is 0 Å². The second-order valence-electron chi connectivity index (χ2n) is 8.47. The molecule has 0 saturated carbocycles.